The number of aliphatic imine (C=N–C) groups is 1. The Balaban J connectivity index is 2.03. The highest BCUT2D eigenvalue weighted by molar-refractivity contribution is 5.87. The number of rotatable bonds is 1. The predicted molar refractivity (Wildman–Crippen MR) is 59.4 cm³/mol. The Labute approximate surface area is 91.7 Å². The summed E-state index contributed by atoms with van der Waals surface area (Å²) in [4.78, 5) is 8.14. The summed E-state index contributed by atoms with van der Waals surface area (Å²) in [5, 5.41) is 10.6. The molecule has 2 heterocycles. The molecule has 3 rings (SSSR count). The van der Waals surface area contributed by atoms with E-state index in [1.807, 2.05) is 6.20 Å². The van der Waals surface area contributed by atoms with Crippen molar-refractivity contribution in [3.8, 4) is 0 Å². The van der Waals surface area contributed by atoms with Crippen LogP contribution >= 0.6 is 0 Å². The normalized spacial score (nSPS) is 29.7. The third-order valence-corrected chi connectivity index (χ3v) is 2.68. The molecule has 1 aromatic rings. The molecule has 7 heteroatoms. The highest BCUT2D eigenvalue weighted by Crippen LogP contribution is 2.31. The van der Waals surface area contributed by atoms with Crippen LogP contribution in [0.5, 0.6) is 0 Å². The minimum absolute atomic E-state index is 0.324. The number of aliphatic hydroxyl groups excluding tert-OH is 1. The second-order valence-electron chi connectivity index (χ2n) is 3.88. The monoisotopic (exact) mass is 220 g/mol. The molecule has 5 N–H and O–H groups in total. The summed E-state index contributed by atoms with van der Waals surface area (Å²) in [6.45, 7) is 0. The molecule has 16 heavy (non-hydrogen) atoms. The van der Waals surface area contributed by atoms with Gasteiger partial charge in [-0.3, -0.25) is 15.3 Å². The average Bonchev–Trinajstić information content (AvgIpc) is 2.78. The molecule has 0 saturated heterocycles. The van der Waals surface area contributed by atoms with Gasteiger partial charge in [0.1, 0.15) is 12.0 Å². The Kier molecular flexibility index (Phi) is 1.87. The molecule has 1 aliphatic heterocycles. The van der Waals surface area contributed by atoms with Crippen molar-refractivity contribution in [3.05, 3.63) is 17.6 Å². The first-order valence-corrected chi connectivity index (χ1v) is 4.95. The zero-order chi connectivity index (χ0) is 11.3. The summed E-state index contributed by atoms with van der Waals surface area (Å²) in [7, 11) is 0. The van der Waals surface area contributed by atoms with Gasteiger partial charge in [0.05, 0.1) is 12.3 Å². The Morgan fingerprint density at radius 3 is 3.00 bits per heavy atom. The molecule has 0 radical (unpaired) electrons. The number of nitrogens with two attached hydrogens (primary N) is 2. The molecule has 1 fully saturated rings. The number of imidazole rings is 1. The minimum atomic E-state index is -0.592. The maximum Gasteiger partial charge on any atom is 0.188 e. The fourth-order valence-electron chi connectivity index (χ4n) is 1.65. The van der Waals surface area contributed by atoms with Gasteiger partial charge in [-0.25, -0.2) is 15.8 Å². The van der Waals surface area contributed by atoms with E-state index in [9.17, 15) is 5.11 Å². The molecule has 1 saturated carbocycles. The summed E-state index contributed by atoms with van der Waals surface area (Å²) >= 11 is 0. The maximum atomic E-state index is 9.25. The van der Waals surface area contributed by atoms with Crippen molar-refractivity contribution >= 4 is 18.2 Å². The number of anilines is 1. The van der Waals surface area contributed by atoms with E-state index in [1.54, 1.807) is 17.1 Å². The first kappa shape index (κ1) is 9.52. The average molecular weight is 220 g/mol. The molecular formula is C9H12N6O. The lowest BCUT2D eigenvalue weighted by Gasteiger charge is -2.25. The molecule has 2 aliphatic rings. The van der Waals surface area contributed by atoms with Crippen molar-refractivity contribution in [1.29, 1.82) is 0 Å². The van der Waals surface area contributed by atoms with Crippen molar-refractivity contribution in [1.82, 2.24) is 9.55 Å². The van der Waals surface area contributed by atoms with Crippen LogP contribution in [0.4, 0.5) is 5.82 Å². The number of hydrogen-bond donors (Lipinski definition) is 3. The van der Waals surface area contributed by atoms with Crippen LogP contribution in [0.25, 0.3) is 6.20 Å². The number of fused-ring (bicyclic) bond motifs is 1. The van der Waals surface area contributed by atoms with E-state index in [0.717, 1.165) is 5.57 Å². The predicted octanol–water partition coefficient (Wildman–Crippen LogP) is -1.16. The number of aromatic nitrogens is 2. The largest absolute Gasteiger partial charge is 0.388 e. The molecule has 7 nitrogen and oxygen atoms in total. The highest BCUT2D eigenvalue weighted by atomic mass is 16.3. The van der Waals surface area contributed by atoms with Gasteiger partial charge in [0.25, 0.3) is 0 Å². The van der Waals surface area contributed by atoms with Gasteiger partial charge in [-0.2, -0.15) is 0 Å². The lowest BCUT2D eigenvalue weighted by atomic mass is 10.4. The van der Waals surface area contributed by atoms with Gasteiger partial charge in [0.15, 0.2) is 12.1 Å². The van der Waals surface area contributed by atoms with E-state index in [0.29, 0.717) is 17.9 Å². The summed E-state index contributed by atoms with van der Waals surface area (Å²) in [6, 6.07) is 0. The van der Waals surface area contributed by atoms with Crippen LogP contribution in [-0.2, 0) is 0 Å². The van der Waals surface area contributed by atoms with Crippen LogP contribution in [-0.4, -0.2) is 33.3 Å². The van der Waals surface area contributed by atoms with Gasteiger partial charge in [-0.1, -0.05) is 0 Å². The second kappa shape index (κ2) is 3.14. The highest BCUT2D eigenvalue weighted by Gasteiger charge is 2.28. The van der Waals surface area contributed by atoms with Crippen molar-refractivity contribution in [2.45, 2.75) is 18.8 Å². The van der Waals surface area contributed by atoms with E-state index < -0.39 is 6.29 Å². The van der Waals surface area contributed by atoms with Gasteiger partial charge in [0.2, 0.25) is 0 Å². The second-order valence-corrected chi connectivity index (χ2v) is 3.88. The number of nitrogens with zero attached hydrogens (tertiary/aromatic N) is 4. The van der Waals surface area contributed by atoms with Crippen LogP contribution in [0, 0.1) is 0 Å². The fraction of sp³-hybridized carbons (Fsp3) is 0.333. The van der Waals surface area contributed by atoms with Crippen molar-refractivity contribution in [2.24, 2.45) is 16.6 Å². The van der Waals surface area contributed by atoms with E-state index in [2.05, 4.69) is 9.98 Å². The lowest BCUT2D eigenvalue weighted by molar-refractivity contribution is 0.291. The number of aliphatic hydroxyl groups is 1. The molecule has 0 amide bonds. The van der Waals surface area contributed by atoms with E-state index >= 15 is 0 Å². The Hall–Kier alpha value is -1.70. The lowest BCUT2D eigenvalue weighted by Crippen LogP contribution is -2.48. The molecule has 2 atom stereocenters. The molecule has 1 aromatic heterocycles. The van der Waals surface area contributed by atoms with E-state index in [1.165, 1.54) is 5.01 Å². The molecule has 0 spiro atoms. The molecule has 1 aliphatic carbocycles. The first-order valence-electron chi connectivity index (χ1n) is 4.95. The van der Waals surface area contributed by atoms with Crippen molar-refractivity contribution in [2.75, 3.05) is 5.01 Å². The third-order valence-electron chi connectivity index (χ3n) is 2.68. The summed E-state index contributed by atoms with van der Waals surface area (Å²) in [6.07, 6.45) is 4.84. The summed E-state index contributed by atoms with van der Waals surface area (Å²) < 4.78 is 1.76. The van der Waals surface area contributed by atoms with Gasteiger partial charge in [-0.15, -0.1) is 0 Å². The van der Waals surface area contributed by atoms with Gasteiger partial charge in [-0.05, 0) is 5.57 Å². The van der Waals surface area contributed by atoms with Gasteiger partial charge < -0.3 is 5.11 Å². The third kappa shape index (κ3) is 1.33. The Morgan fingerprint density at radius 1 is 1.56 bits per heavy atom. The minimum Gasteiger partial charge on any atom is -0.388 e. The summed E-state index contributed by atoms with van der Waals surface area (Å²) in [5.74, 6) is 6.50. The number of hydrogen-bond acceptors (Lipinski definition) is 6. The Bertz CT molecular complexity index is 490. The molecule has 84 valence electrons. The van der Waals surface area contributed by atoms with Crippen LogP contribution in [0.2, 0.25) is 0 Å². The van der Waals surface area contributed by atoms with Crippen LogP contribution in [0.3, 0.4) is 0 Å². The van der Waals surface area contributed by atoms with Crippen LogP contribution in [0.1, 0.15) is 12.1 Å². The quantitative estimate of drug-likeness (QED) is 0.518. The smallest absolute Gasteiger partial charge is 0.188 e. The zero-order valence-corrected chi connectivity index (χ0v) is 8.48. The van der Waals surface area contributed by atoms with Crippen LogP contribution < -0.4 is 16.6 Å². The van der Waals surface area contributed by atoms with E-state index in [-0.39, 0.29) is 6.10 Å². The molecular weight excluding hydrogens is 208 g/mol. The first-order chi connectivity index (χ1) is 7.66. The van der Waals surface area contributed by atoms with Crippen molar-refractivity contribution < 1.29 is 5.11 Å². The van der Waals surface area contributed by atoms with Gasteiger partial charge >= 0.3 is 0 Å². The molecule has 0 aromatic carbocycles. The standard InChI is InChI=1S/C9H12N6O/c10-9-12-2-6-8(15(9)11)14(4-13-6)3-5-1-7(5)16/h2-4,7,9,16H,1,10-11H2/t7-,9?/m0/s1. The fourth-order valence-corrected chi connectivity index (χ4v) is 1.65. The maximum absolute atomic E-state index is 9.25. The molecule has 0 bridgehead atoms. The van der Waals surface area contributed by atoms with E-state index in [4.69, 9.17) is 11.6 Å². The summed E-state index contributed by atoms with van der Waals surface area (Å²) in [5.41, 5.74) is 7.33. The zero-order valence-electron chi connectivity index (χ0n) is 8.48. The molecule has 1 unspecified atom stereocenters. The van der Waals surface area contributed by atoms with Crippen LogP contribution in [0.15, 0.2) is 16.9 Å². The topological polar surface area (TPSA) is 106 Å². The number of hydrazine groups is 1. The SMILES string of the molecule is NC1N=Cc2ncn(C=C3C[C@@H]3O)c2N1N. The van der Waals surface area contributed by atoms with Gasteiger partial charge in [0, 0.05) is 12.6 Å². The van der Waals surface area contributed by atoms with Crippen molar-refractivity contribution in [3.63, 3.8) is 0 Å². The Morgan fingerprint density at radius 2 is 2.31 bits per heavy atom.